The number of aromatic nitrogens is 1. The highest BCUT2D eigenvalue weighted by Crippen LogP contribution is 2.32. The number of benzene rings is 2. The molecule has 0 aliphatic rings. The van der Waals surface area contributed by atoms with E-state index < -0.39 is 5.97 Å². The molecule has 0 spiro atoms. The number of nitrogens with one attached hydrogen (secondary N) is 1. The molecule has 2 aromatic carbocycles. The van der Waals surface area contributed by atoms with E-state index in [0.29, 0.717) is 0 Å². The summed E-state index contributed by atoms with van der Waals surface area (Å²) in [5, 5.41) is 10.3. The standard InChI is InChI=1S/C21H17NO3/c1-12-6-7-13(2)20-16(12)11-19(25-20)18-9-8-17(22-18)14-4-3-5-15(10-14)21(23)24/h3-11,22H,1-2H3,(H,23,24). The van der Waals surface area contributed by atoms with Crippen LogP contribution in [0, 0.1) is 13.8 Å². The third-order valence-electron chi connectivity index (χ3n) is 4.47. The summed E-state index contributed by atoms with van der Waals surface area (Å²) in [6.07, 6.45) is 0. The number of carbonyl (C=O) groups is 1. The van der Waals surface area contributed by atoms with Crippen LogP contribution in [0.2, 0.25) is 0 Å². The zero-order valence-corrected chi connectivity index (χ0v) is 14.0. The number of hydrogen-bond acceptors (Lipinski definition) is 2. The van der Waals surface area contributed by atoms with Gasteiger partial charge >= 0.3 is 5.97 Å². The summed E-state index contributed by atoms with van der Waals surface area (Å²) in [5.41, 5.74) is 6.00. The predicted octanol–water partition coefficient (Wildman–Crippen LogP) is 5.41. The number of H-pyrrole nitrogens is 1. The molecule has 0 aliphatic heterocycles. The minimum Gasteiger partial charge on any atom is -0.478 e. The lowest BCUT2D eigenvalue weighted by Crippen LogP contribution is -1.95. The average molecular weight is 331 g/mol. The number of aromatic amines is 1. The van der Waals surface area contributed by atoms with Crippen molar-refractivity contribution in [2.75, 3.05) is 0 Å². The maximum Gasteiger partial charge on any atom is 0.335 e. The molecule has 25 heavy (non-hydrogen) atoms. The van der Waals surface area contributed by atoms with E-state index in [1.807, 2.05) is 31.2 Å². The monoisotopic (exact) mass is 331 g/mol. The number of carboxylic acids is 1. The smallest absolute Gasteiger partial charge is 0.335 e. The fourth-order valence-electron chi connectivity index (χ4n) is 3.05. The van der Waals surface area contributed by atoms with Crippen LogP contribution < -0.4 is 0 Å². The third kappa shape index (κ3) is 2.62. The highest BCUT2D eigenvalue weighted by Gasteiger charge is 2.13. The molecule has 4 aromatic rings. The summed E-state index contributed by atoms with van der Waals surface area (Å²) in [6.45, 7) is 4.10. The molecule has 4 rings (SSSR count). The van der Waals surface area contributed by atoms with Gasteiger partial charge in [-0.3, -0.25) is 0 Å². The van der Waals surface area contributed by atoms with Gasteiger partial charge in [0.25, 0.3) is 0 Å². The average Bonchev–Trinajstić information content (AvgIpc) is 3.25. The van der Waals surface area contributed by atoms with Gasteiger partial charge in [-0.25, -0.2) is 4.79 Å². The third-order valence-corrected chi connectivity index (χ3v) is 4.47. The molecule has 4 nitrogen and oxygen atoms in total. The fraction of sp³-hybridized carbons (Fsp3) is 0.0952. The first-order valence-corrected chi connectivity index (χ1v) is 8.06. The van der Waals surface area contributed by atoms with E-state index in [-0.39, 0.29) is 5.56 Å². The van der Waals surface area contributed by atoms with Crippen molar-refractivity contribution < 1.29 is 14.3 Å². The Labute approximate surface area is 144 Å². The molecule has 124 valence electrons. The summed E-state index contributed by atoms with van der Waals surface area (Å²) in [4.78, 5) is 14.5. The zero-order valence-electron chi connectivity index (χ0n) is 14.0. The van der Waals surface area contributed by atoms with Crippen LogP contribution in [-0.2, 0) is 0 Å². The maximum absolute atomic E-state index is 11.1. The van der Waals surface area contributed by atoms with Crippen molar-refractivity contribution in [3.63, 3.8) is 0 Å². The van der Waals surface area contributed by atoms with Crippen LogP contribution >= 0.6 is 0 Å². The van der Waals surface area contributed by atoms with Crippen LogP contribution in [0.15, 0.2) is 59.0 Å². The Kier molecular flexibility index (Phi) is 3.46. The number of aromatic carboxylic acids is 1. The SMILES string of the molecule is Cc1ccc(C)c2oc(-c3ccc(-c4cccc(C(=O)O)c4)[nH]3)cc12. The fourth-order valence-corrected chi connectivity index (χ4v) is 3.05. The normalized spacial score (nSPS) is 11.1. The van der Waals surface area contributed by atoms with Crippen LogP contribution in [0.5, 0.6) is 0 Å². The Bertz CT molecular complexity index is 1060. The highest BCUT2D eigenvalue weighted by molar-refractivity contribution is 5.90. The van der Waals surface area contributed by atoms with Crippen LogP contribution in [0.3, 0.4) is 0 Å². The number of hydrogen-bond donors (Lipinski definition) is 2. The Hall–Kier alpha value is -3.27. The van der Waals surface area contributed by atoms with Gasteiger partial charge in [-0.15, -0.1) is 0 Å². The molecule has 0 saturated heterocycles. The first kappa shape index (κ1) is 15.3. The highest BCUT2D eigenvalue weighted by atomic mass is 16.4. The summed E-state index contributed by atoms with van der Waals surface area (Å²) in [6, 6.07) is 16.9. The van der Waals surface area contributed by atoms with Crippen molar-refractivity contribution in [2.24, 2.45) is 0 Å². The topological polar surface area (TPSA) is 66.2 Å². The molecule has 2 N–H and O–H groups in total. The lowest BCUT2D eigenvalue weighted by molar-refractivity contribution is 0.0697. The summed E-state index contributed by atoms with van der Waals surface area (Å²) in [7, 11) is 0. The van der Waals surface area contributed by atoms with Crippen LogP contribution in [0.25, 0.3) is 33.7 Å². The number of fused-ring (bicyclic) bond motifs is 1. The van der Waals surface area contributed by atoms with E-state index in [1.54, 1.807) is 18.2 Å². The van der Waals surface area contributed by atoms with Gasteiger partial charge in [-0.05, 0) is 60.9 Å². The van der Waals surface area contributed by atoms with Crippen molar-refractivity contribution in [1.82, 2.24) is 4.98 Å². The van der Waals surface area contributed by atoms with Gasteiger partial charge in [0, 0.05) is 11.1 Å². The van der Waals surface area contributed by atoms with Crippen molar-refractivity contribution in [1.29, 1.82) is 0 Å². The van der Waals surface area contributed by atoms with Gasteiger partial charge in [0.15, 0.2) is 5.76 Å². The Morgan fingerprint density at radius 3 is 2.48 bits per heavy atom. The van der Waals surface area contributed by atoms with Crippen molar-refractivity contribution >= 4 is 16.9 Å². The van der Waals surface area contributed by atoms with Crippen molar-refractivity contribution in [3.05, 3.63) is 71.3 Å². The van der Waals surface area contributed by atoms with E-state index in [0.717, 1.165) is 39.2 Å². The summed E-state index contributed by atoms with van der Waals surface area (Å²) in [5.74, 6) is -0.162. The molecule has 0 aliphatic carbocycles. The molecule has 2 aromatic heterocycles. The minimum absolute atomic E-state index is 0.267. The largest absolute Gasteiger partial charge is 0.478 e. The maximum atomic E-state index is 11.1. The van der Waals surface area contributed by atoms with Crippen molar-refractivity contribution in [2.45, 2.75) is 13.8 Å². The lowest BCUT2D eigenvalue weighted by Gasteiger charge is -2.00. The zero-order chi connectivity index (χ0) is 17.6. The van der Waals surface area contributed by atoms with Crippen LogP contribution in [0.4, 0.5) is 0 Å². The summed E-state index contributed by atoms with van der Waals surface area (Å²) >= 11 is 0. The first-order valence-electron chi connectivity index (χ1n) is 8.06. The number of furan rings is 1. The number of aryl methyl sites for hydroxylation is 2. The molecular formula is C21H17NO3. The Morgan fingerprint density at radius 1 is 0.960 bits per heavy atom. The predicted molar refractivity (Wildman–Crippen MR) is 97.9 cm³/mol. The van der Waals surface area contributed by atoms with E-state index in [9.17, 15) is 4.79 Å². The van der Waals surface area contributed by atoms with Crippen LogP contribution in [-0.4, -0.2) is 16.1 Å². The van der Waals surface area contributed by atoms with Gasteiger partial charge in [0.2, 0.25) is 0 Å². The molecule has 0 fully saturated rings. The van der Waals surface area contributed by atoms with E-state index in [1.165, 1.54) is 5.56 Å². The van der Waals surface area contributed by atoms with Gasteiger partial charge in [0.05, 0.1) is 11.3 Å². The lowest BCUT2D eigenvalue weighted by atomic mass is 10.1. The van der Waals surface area contributed by atoms with Crippen molar-refractivity contribution in [3.8, 4) is 22.7 Å². The van der Waals surface area contributed by atoms with Gasteiger partial charge in [-0.2, -0.15) is 0 Å². The second kappa shape index (κ2) is 5.67. The molecule has 4 heteroatoms. The first-order chi connectivity index (χ1) is 12.0. The van der Waals surface area contributed by atoms with Gasteiger partial charge in [0.1, 0.15) is 5.58 Å². The van der Waals surface area contributed by atoms with E-state index in [2.05, 4.69) is 24.0 Å². The molecule has 0 radical (unpaired) electrons. The molecule has 0 bridgehead atoms. The minimum atomic E-state index is -0.933. The Morgan fingerprint density at radius 2 is 1.72 bits per heavy atom. The van der Waals surface area contributed by atoms with E-state index in [4.69, 9.17) is 9.52 Å². The van der Waals surface area contributed by atoms with E-state index >= 15 is 0 Å². The van der Waals surface area contributed by atoms with Crippen LogP contribution in [0.1, 0.15) is 21.5 Å². The van der Waals surface area contributed by atoms with Gasteiger partial charge < -0.3 is 14.5 Å². The summed E-state index contributed by atoms with van der Waals surface area (Å²) < 4.78 is 6.05. The molecule has 0 saturated carbocycles. The second-order valence-electron chi connectivity index (χ2n) is 6.22. The molecule has 0 atom stereocenters. The molecule has 0 amide bonds. The second-order valence-corrected chi connectivity index (χ2v) is 6.22. The number of rotatable bonds is 3. The molecular weight excluding hydrogens is 314 g/mol. The Balaban J connectivity index is 1.77. The number of carboxylic acid groups (broad SMARTS) is 1. The molecule has 0 unspecified atom stereocenters. The van der Waals surface area contributed by atoms with Gasteiger partial charge in [-0.1, -0.05) is 24.3 Å². The quantitative estimate of drug-likeness (QED) is 0.527. The molecule has 2 heterocycles.